The summed E-state index contributed by atoms with van der Waals surface area (Å²) in [5.41, 5.74) is 0. The normalized spacial score (nSPS) is 6.82. The number of aliphatic carboxylic acids is 2. The van der Waals surface area contributed by atoms with Crippen molar-refractivity contribution in [2.24, 2.45) is 0 Å². The minimum atomic E-state index is -1.26. The van der Waals surface area contributed by atoms with Gasteiger partial charge >= 0.3 is 11.9 Å². The van der Waals surface area contributed by atoms with Crippen LogP contribution in [0, 0.1) is 0 Å². The van der Waals surface area contributed by atoms with E-state index in [-0.39, 0.29) is 0 Å². The Balaban J connectivity index is -0.0000000809. The zero-order valence-electron chi connectivity index (χ0n) is 9.67. The van der Waals surface area contributed by atoms with Crippen LogP contribution in [0.2, 0.25) is 0 Å². The van der Waals surface area contributed by atoms with Gasteiger partial charge in [-0.05, 0) is 10.8 Å². The van der Waals surface area contributed by atoms with Crippen molar-refractivity contribution in [3.63, 3.8) is 0 Å². The average Bonchev–Trinajstić information content (AvgIpc) is 2.33. The Morgan fingerprint density at radius 3 is 1.12 bits per heavy atom. The number of hydrogen-bond donors (Lipinski definition) is 2. The van der Waals surface area contributed by atoms with Gasteiger partial charge in [0.15, 0.2) is 0 Å². The van der Waals surface area contributed by atoms with Crippen LogP contribution in [0.4, 0.5) is 0 Å². The monoisotopic (exact) mass is 258 g/mol. The first-order valence-electron chi connectivity index (χ1n) is 4.05. The summed E-state index contributed by atoms with van der Waals surface area (Å²) in [6, 6.07) is 0. The first-order valence-corrected chi connectivity index (χ1v) is 5.00. The van der Waals surface area contributed by atoms with Crippen LogP contribution in [0.15, 0.2) is 62.4 Å². The molecule has 0 rings (SSSR count). The standard InChI is InChI=1S/C4H4O4.C4H6S.2C2H4/c5-3(6)1-2-4(7)8;1-3-5-4-2;2*1-2/h1-2H,(H,5,6)(H,7,8);3-4H,1-2H2;2*1-2H2. The fourth-order valence-corrected chi connectivity index (χ4v) is 0.347. The van der Waals surface area contributed by atoms with Crippen LogP contribution < -0.4 is 0 Å². The smallest absolute Gasteiger partial charge is 0.328 e. The van der Waals surface area contributed by atoms with Gasteiger partial charge in [0.2, 0.25) is 0 Å². The minimum absolute atomic E-state index is 0.558. The van der Waals surface area contributed by atoms with Gasteiger partial charge in [-0.1, -0.05) is 13.2 Å². The lowest BCUT2D eigenvalue weighted by Gasteiger charge is -1.74. The van der Waals surface area contributed by atoms with Gasteiger partial charge < -0.3 is 10.2 Å². The molecule has 0 aromatic rings. The van der Waals surface area contributed by atoms with Crippen molar-refractivity contribution in [2.75, 3.05) is 0 Å². The van der Waals surface area contributed by atoms with Crippen molar-refractivity contribution in [3.8, 4) is 0 Å². The van der Waals surface area contributed by atoms with Crippen molar-refractivity contribution in [2.45, 2.75) is 0 Å². The predicted molar refractivity (Wildman–Crippen MR) is 74.9 cm³/mol. The SMILES string of the molecule is C=C.C=C.C=CSC=C.O=C(O)C=CC(=O)O. The number of carboxylic acids is 2. The number of rotatable bonds is 4. The molecular weight excluding hydrogens is 240 g/mol. The van der Waals surface area contributed by atoms with Gasteiger partial charge in [0.05, 0.1) is 0 Å². The molecule has 0 aliphatic carbocycles. The molecule has 0 aromatic carbocycles. The van der Waals surface area contributed by atoms with Crippen molar-refractivity contribution >= 4 is 23.7 Å². The van der Waals surface area contributed by atoms with Crippen LogP contribution in [0.25, 0.3) is 0 Å². The number of carbonyl (C=O) groups is 2. The fourth-order valence-electron chi connectivity index (χ4n) is 0.211. The molecule has 0 unspecified atom stereocenters. The molecule has 0 amide bonds. The highest BCUT2D eigenvalue weighted by molar-refractivity contribution is 8.04. The van der Waals surface area contributed by atoms with Gasteiger partial charge in [0, 0.05) is 12.2 Å². The third-order valence-corrected chi connectivity index (χ3v) is 0.946. The van der Waals surface area contributed by atoms with Crippen LogP contribution >= 0.6 is 11.8 Å². The predicted octanol–water partition coefficient (Wildman–Crippen LogP) is 3.32. The molecule has 0 atom stereocenters. The summed E-state index contributed by atoms with van der Waals surface area (Å²) in [6.07, 6.45) is 1.12. The second-order valence-corrected chi connectivity index (χ2v) is 2.42. The van der Waals surface area contributed by atoms with Crippen LogP contribution in [0.5, 0.6) is 0 Å². The van der Waals surface area contributed by atoms with Crippen LogP contribution in [-0.2, 0) is 9.59 Å². The van der Waals surface area contributed by atoms with Gasteiger partial charge in [-0.25, -0.2) is 9.59 Å². The largest absolute Gasteiger partial charge is 0.478 e. The Kier molecular flexibility index (Phi) is 41.7. The maximum Gasteiger partial charge on any atom is 0.328 e. The van der Waals surface area contributed by atoms with Crippen LogP contribution in [-0.4, -0.2) is 22.2 Å². The zero-order valence-corrected chi connectivity index (χ0v) is 10.5. The van der Waals surface area contributed by atoms with Crippen molar-refractivity contribution < 1.29 is 19.8 Å². The van der Waals surface area contributed by atoms with Gasteiger partial charge in [-0.2, -0.15) is 0 Å². The molecule has 2 N–H and O–H groups in total. The second-order valence-electron chi connectivity index (χ2n) is 1.48. The highest BCUT2D eigenvalue weighted by Crippen LogP contribution is 1.96. The quantitative estimate of drug-likeness (QED) is 0.597. The molecule has 0 aromatic heterocycles. The molecule has 0 heterocycles. The van der Waals surface area contributed by atoms with E-state index in [0.29, 0.717) is 12.2 Å². The van der Waals surface area contributed by atoms with E-state index >= 15 is 0 Å². The molecular formula is C12H18O4S. The van der Waals surface area contributed by atoms with E-state index in [4.69, 9.17) is 10.2 Å². The van der Waals surface area contributed by atoms with Crippen molar-refractivity contribution in [1.29, 1.82) is 0 Å². The van der Waals surface area contributed by atoms with Gasteiger partial charge in [-0.3, -0.25) is 0 Å². The van der Waals surface area contributed by atoms with Gasteiger partial charge in [0.25, 0.3) is 0 Å². The van der Waals surface area contributed by atoms with E-state index in [2.05, 4.69) is 39.5 Å². The second kappa shape index (κ2) is 29.2. The molecule has 0 bridgehead atoms. The minimum Gasteiger partial charge on any atom is -0.478 e. The first kappa shape index (κ1) is 24.3. The number of carboxylic acid groups (broad SMARTS) is 2. The summed E-state index contributed by atoms with van der Waals surface area (Å²) < 4.78 is 0. The third-order valence-electron chi connectivity index (χ3n) is 0.561. The van der Waals surface area contributed by atoms with E-state index in [1.54, 1.807) is 10.8 Å². The third kappa shape index (κ3) is 80.8. The Morgan fingerprint density at radius 1 is 0.824 bits per heavy atom. The summed E-state index contributed by atoms with van der Waals surface area (Å²) in [5.74, 6) is -2.51. The molecule has 0 aliphatic rings. The van der Waals surface area contributed by atoms with E-state index < -0.39 is 11.9 Å². The molecule has 5 heteroatoms. The number of hydrogen-bond acceptors (Lipinski definition) is 3. The average molecular weight is 258 g/mol. The molecule has 0 saturated carbocycles. The molecule has 4 nitrogen and oxygen atoms in total. The topological polar surface area (TPSA) is 74.6 Å². The Labute approximate surface area is 106 Å². The summed E-state index contributed by atoms with van der Waals surface area (Å²) in [7, 11) is 0. The summed E-state index contributed by atoms with van der Waals surface area (Å²) >= 11 is 1.49. The first-order chi connectivity index (χ1) is 8.04. The van der Waals surface area contributed by atoms with E-state index in [9.17, 15) is 9.59 Å². The molecule has 0 spiro atoms. The maximum absolute atomic E-state index is 9.55. The van der Waals surface area contributed by atoms with E-state index in [0.717, 1.165) is 0 Å². The van der Waals surface area contributed by atoms with E-state index in [1.807, 2.05) is 0 Å². The Bertz CT molecular complexity index is 223. The molecule has 0 aliphatic heterocycles. The maximum atomic E-state index is 9.55. The summed E-state index contributed by atoms with van der Waals surface area (Å²) in [4.78, 5) is 19.1. The molecule has 17 heavy (non-hydrogen) atoms. The fraction of sp³-hybridized carbons (Fsp3) is 0. The molecule has 96 valence electrons. The van der Waals surface area contributed by atoms with Gasteiger partial charge in [0.1, 0.15) is 0 Å². The van der Waals surface area contributed by atoms with Crippen LogP contribution in [0.3, 0.4) is 0 Å². The summed E-state index contributed by atoms with van der Waals surface area (Å²) in [6.45, 7) is 18.9. The highest BCUT2D eigenvalue weighted by Gasteiger charge is 1.88. The summed E-state index contributed by atoms with van der Waals surface area (Å²) in [5, 5.41) is 19.1. The lowest BCUT2D eigenvalue weighted by molar-refractivity contribution is -0.134. The number of thioether (sulfide) groups is 1. The molecule has 0 saturated heterocycles. The zero-order chi connectivity index (χ0) is 14.7. The Hall–Kier alpha value is -2.01. The lowest BCUT2D eigenvalue weighted by atomic mass is 10.5. The molecule has 0 fully saturated rings. The Morgan fingerprint density at radius 2 is 1.06 bits per heavy atom. The van der Waals surface area contributed by atoms with Crippen molar-refractivity contribution in [3.05, 3.63) is 62.4 Å². The van der Waals surface area contributed by atoms with E-state index in [1.165, 1.54) is 11.8 Å². The lowest BCUT2D eigenvalue weighted by Crippen LogP contribution is -1.91. The molecule has 0 radical (unpaired) electrons. The highest BCUT2D eigenvalue weighted by atomic mass is 32.2. The van der Waals surface area contributed by atoms with Gasteiger partial charge in [-0.15, -0.1) is 38.1 Å². The van der Waals surface area contributed by atoms with Crippen molar-refractivity contribution in [1.82, 2.24) is 0 Å². The van der Waals surface area contributed by atoms with Crippen LogP contribution in [0.1, 0.15) is 0 Å².